The summed E-state index contributed by atoms with van der Waals surface area (Å²) in [6.45, 7) is 0. The van der Waals surface area contributed by atoms with Gasteiger partial charge in [-0.2, -0.15) is 0 Å². The number of thiophene rings is 1. The molecule has 0 saturated heterocycles. The summed E-state index contributed by atoms with van der Waals surface area (Å²) < 4.78 is 1.84. The fourth-order valence-corrected chi connectivity index (χ4v) is 6.39. The molecule has 3 saturated carbocycles. The molecule has 4 heteroatoms. The third kappa shape index (κ3) is 1.52. The van der Waals surface area contributed by atoms with Crippen LogP contribution in [0.4, 0.5) is 0 Å². The Kier molecular flexibility index (Phi) is 2.47. The highest BCUT2D eigenvalue weighted by atomic mass is 79.9. The van der Waals surface area contributed by atoms with Crippen molar-refractivity contribution in [3.63, 3.8) is 0 Å². The van der Waals surface area contributed by atoms with E-state index in [1.165, 1.54) is 24.1 Å². The number of halogens is 2. The Morgan fingerprint density at radius 1 is 1.35 bits per heavy atom. The predicted molar refractivity (Wildman–Crippen MR) is 75.3 cm³/mol. The number of rotatable bonds is 2. The zero-order valence-corrected chi connectivity index (χ0v) is 12.6. The van der Waals surface area contributed by atoms with Crippen molar-refractivity contribution >= 4 is 38.9 Å². The van der Waals surface area contributed by atoms with Crippen molar-refractivity contribution in [1.82, 2.24) is 0 Å². The Labute approximate surface area is 119 Å². The molecule has 3 fully saturated rings. The van der Waals surface area contributed by atoms with Crippen molar-refractivity contribution in [3.05, 3.63) is 19.8 Å². The molecule has 1 aromatic rings. The normalized spacial score (nSPS) is 43.8. The third-order valence-electron chi connectivity index (χ3n) is 5.20. The Bertz CT molecular complexity index is 438. The first-order valence-corrected chi connectivity index (χ1v) is 8.36. The second kappa shape index (κ2) is 3.72. The van der Waals surface area contributed by atoms with Gasteiger partial charge in [0.15, 0.2) is 0 Å². The van der Waals surface area contributed by atoms with Crippen LogP contribution >= 0.6 is 38.9 Å². The molecule has 3 aliphatic carbocycles. The topological polar surface area (TPSA) is 26.0 Å². The molecule has 4 rings (SSSR count). The average molecular weight is 333 g/mol. The maximum atomic E-state index is 6.46. The van der Waals surface area contributed by atoms with Gasteiger partial charge in [-0.1, -0.05) is 11.6 Å². The van der Waals surface area contributed by atoms with Crippen LogP contribution in [0.5, 0.6) is 0 Å². The Morgan fingerprint density at radius 2 is 2.00 bits per heavy atom. The molecular weight excluding hydrogens is 318 g/mol. The van der Waals surface area contributed by atoms with E-state index in [0.717, 1.165) is 38.4 Å². The van der Waals surface area contributed by atoms with Gasteiger partial charge in [-0.3, -0.25) is 0 Å². The first-order chi connectivity index (χ1) is 8.16. The maximum Gasteiger partial charge on any atom is 0.107 e. The van der Waals surface area contributed by atoms with Crippen LogP contribution in [0.25, 0.3) is 0 Å². The predicted octanol–water partition coefficient (Wildman–Crippen LogP) is 4.46. The van der Waals surface area contributed by atoms with Crippen LogP contribution in [0.2, 0.25) is 4.34 Å². The summed E-state index contributed by atoms with van der Waals surface area (Å²) in [5, 5.41) is 0. The fourth-order valence-electron chi connectivity index (χ4n) is 4.59. The molecule has 1 aromatic heterocycles. The van der Waals surface area contributed by atoms with Gasteiger partial charge in [0.1, 0.15) is 4.34 Å². The van der Waals surface area contributed by atoms with E-state index in [0.29, 0.717) is 0 Å². The van der Waals surface area contributed by atoms with Gasteiger partial charge in [0.2, 0.25) is 0 Å². The highest BCUT2D eigenvalue weighted by Gasteiger charge is 2.66. The highest BCUT2D eigenvalue weighted by Crippen LogP contribution is 2.72. The van der Waals surface area contributed by atoms with Crippen LogP contribution in [0.1, 0.15) is 30.2 Å². The summed E-state index contributed by atoms with van der Waals surface area (Å²) in [7, 11) is 0. The van der Waals surface area contributed by atoms with E-state index in [1.54, 1.807) is 11.3 Å². The standard InChI is InChI=1S/C13H15BrClNS/c14-7-4-8(17-13(7)15)12(16)11-9-5-1-2-6(3-5)10(9)11/h4-6,9-12H,1-3,16H2. The van der Waals surface area contributed by atoms with Gasteiger partial charge in [-0.25, -0.2) is 0 Å². The molecule has 0 radical (unpaired) electrons. The lowest BCUT2D eigenvalue weighted by Gasteiger charge is -2.14. The van der Waals surface area contributed by atoms with E-state index in [-0.39, 0.29) is 6.04 Å². The summed E-state index contributed by atoms with van der Waals surface area (Å²) in [5.41, 5.74) is 6.46. The number of hydrogen-bond acceptors (Lipinski definition) is 2. The van der Waals surface area contributed by atoms with Crippen LogP contribution in [0.3, 0.4) is 0 Å². The minimum atomic E-state index is 0.224. The van der Waals surface area contributed by atoms with Gasteiger partial charge < -0.3 is 5.73 Å². The molecule has 0 spiro atoms. The summed E-state index contributed by atoms with van der Waals surface area (Å²) in [6.07, 6.45) is 4.42. The minimum Gasteiger partial charge on any atom is -0.323 e. The van der Waals surface area contributed by atoms with Gasteiger partial charge in [0.25, 0.3) is 0 Å². The second-order valence-electron chi connectivity index (χ2n) is 5.86. The van der Waals surface area contributed by atoms with Crippen molar-refractivity contribution in [3.8, 4) is 0 Å². The Hall–Kier alpha value is 0.430. The quantitative estimate of drug-likeness (QED) is 0.850. The van der Waals surface area contributed by atoms with Crippen LogP contribution < -0.4 is 5.73 Å². The number of hydrogen-bond donors (Lipinski definition) is 1. The van der Waals surface area contributed by atoms with E-state index < -0.39 is 0 Å². The monoisotopic (exact) mass is 331 g/mol. The van der Waals surface area contributed by atoms with Crippen LogP contribution in [0.15, 0.2) is 10.5 Å². The number of fused-ring (bicyclic) bond motifs is 5. The Morgan fingerprint density at radius 3 is 2.53 bits per heavy atom. The van der Waals surface area contributed by atoms with E-state index in [9.17, 15) is 0 Å². The fraction of sp³-hybridized carbons (Fsp3) is 0.692. The zero-order valence-electron chi connectivity index (χ0n) is 9.40. The van der Waals surface area contributed by atoms with E-state index >= 15 is 0 Å². The van der Waals surface area contributed by atoms with Gasteiger partial charge >= 0.3 is 0 Å². The van der Waals surface area contributed by atoms with Crippen molar-refractivity contribution < 1.29 is 0 Å². The van der Waals surface area contributed by atoms with Gasteiger partial charge in [-0.05, 0) is 70.8 Å². The van der Waals surface area contributed by atoms with Crippen molar-refractivity contribution in [2.45, 2.75) is 25.3 Å². The maximum absolute atomic E-state index is 6.46. The van der Waals surface area contributed by atoms with Crippen molar-refractivity contribution in [2.75, 3.05) is 0 Å². The zero-order chi connectivity index (χ0) is 11.7. The summed E-state index contributed by atoms with van der Waals surface area (Å²) >= 11 is 11.2. The van der Waals surface area contributed by atoms with E-state index in [4.69, 9.17) is 17.3 Å². The van der Waals surface area contributed by atoms with Crippen molar-refractivity contribution in [2.24, 2.45) is 35.3 Å². The number of nitrogens with two attached hydrogens (primary N) is 1. The SMILES string of the molecule is NC(c1cc(Br)c(Cl)s1)C1C2C3CCC(C3)C21. The third-order valence-corrected chi connectivity index (χ3v) is 7.78. The molecule has 3 aliphatic rings. The molecule has 92 valence electrons. The van der Waals surface area contributed by atoms with E-state index in [2.05, 4.69) is 22.0 Å². The lowest BCUT2D eigenvalue weighted by atomic mass is 9.97. The summed E-state index contributed by atoms with van der Waals surface area (Å²) in [6, 6.07) is 2.34. The minimum absolute atomic E-state index is 0.224. The molecule has 5 atom stereocenters. The lowest BCUT2D eigenvalue weighted by molar-refractivity contribution is 0.420. The largest absolute Gasteiger partial charge is 0.323 e. The molecule has 1 heterocycles. The van der Waals surface area contributed by atoms with Gasteiger partial charge in [0, 0.05) is 15.4 Å². The Balaban J connectivity index is 1.57. The lowest BCUT2D eigenvalue weighted by Crippen LogP contribution is -2.16. The highest BCUT2D eigenvalue weighted by molar-refractivity contribution is 9.10. The smallest absolute Gasteiger partial charge is 0.107 e. The van der Waals surface area contributed by atoms with Crippen LogP contribution in [0, 0.1) is 29.6 Å². The molecule has 0 amide bonds. The summed E-state index contributed by atoms with van der Waals surface area (Å²) in [4.78, 5) is 1.26. The first-order valence-electron chi connectivity index (χ1n) is 6.37. The van der Waals surface area contributed by atoms with Gasteiger partial charge in [0.05, 0.1) is 0 Å². The van der Waals surface area contributed by atoms with Crippen molar-refractivity contribution in [1.29, 1.82) is 0 Å². The molecule has 5 unspecified atom stereocenters. The average Bonchev–Trinajstić information content (AvgIpc) is 2.60. The van der Waals surface area contributed by atoms with Crippen LogP contribution in [-0.4, -0.2) is 0 Å². The molecule has 1 nitrogen and oxygen atoms in total. The molecule has 17 heavy (non-hydrogen) atoms. The summed E-state index contributed by atoms with van der Waals surface area (Å²) in [5.74, 6) is 4.65. The van der Waals surface area contributed by atoms with E-state index in [1.807, 2.05) is 0 Å². The molecule has 0 aromatic carbocycles. The molecular formula is C13H15BrClNS. The molecule has 2 N–H and O–H groups in total. The van der Waals surface area contributed by atoms with Gasteiger partial charge in [-0.15, -0.1) is 11.3 Å². The first kappa shape index (κ1) is 11.3. The van der Waals surface area contributed by atoms with Crippen LogP contribution in [-0.2, 0) is 0 Å². The molecule has 2 bridgehead atoms. The molecule has 0 aliphatic heterocycles. The second-order valence-corrected chi connectivity index (χ2v) is 8.40.